The Hall–Kier alpha value is -0.341. The minimum atomic E-state index is 0.309. The van der Waals surface area contributed by atoms with Crippen LogP contribution in [0, 0.1) is 0 Å². The van der Waals surface area contributed by atoms with Gasteiger partial charge in [-0.05, 0) is 0 Å². The molecule has 2 rings (SSSR count). The second-order valence-corrected chi connectivity index (χ2v) is 5.39. The number of benzene rings is 1. The second kappa shape index (κ2) is 4.77. The van der Waals surface area contributed by atoms with Crippen LogP contribution in [0.3, 0.4) is 0 Å². The van der Waals surface area contributed by atoms with Crippen molar-refractivity contribution in [1.82, 2.24) is 0 Å². The van der Waals surface area contributed by atoms with Gasteiger partial charge in [0, 0.05) is 0 Å². The Bertz CT molecular complexity index is 244. The van der Waals surface area contributed by atoms with E-state index < -0.39 is 0 Å². The molecule has 1 aromatic carbocycles. The van der Waals surface area contributed by atoms with Crippen LogP contribution in [-0.4, -0.2) is 39.8 Å². The SMILES string of the molecule is c1ccc([Se]C2COCCO2)cc1. The Morgan fingerprint density at radius 1 is 1.15 bits per heavy atom. The third-order valence-corrected chi connectivity index (χ3v) is 4.06. The van der Waals surface area contributed by atoms with Crippen LogP contribution >= 0.6 is 0 Å². The van der Waals surface area contributed by atoms with Gasteiger partial charge < -0.3 is 0 Å². The summed E-state index contributed by atoms with van der Waals surface area (Å²) in [5.74, 6) is 0. The molecule has 1 aliphatic rings. The van der Waals surface area contributed by atoms with E-state index in [1.165, 1.54) is 4.46 Å². The first-order valence-electron chi connectivity index (χ1n) is 4.36. The quantitative estimate of drug-likeness (QED) is 0.699. The fraction of sp³-hybridized carbons (Fsp3) is 0.400. The molecule has 1 heterocycles. The van der Waals surface area contributed by atoms with Crippen LogP contribution in [0.1, 0.15) is 0 Å². The molecule has 1 aromatic rings. The third-order valence-electron chi connectivity index (χ3n) is 1.80. The van der Waals surface area contributed by atoms with Crippen LogP contribution in [0.5, 0.6) is 0 Å². The molecule has 3 heteroatoms. The zero-order valence-electron chi connectivity index (χ0n) is 7.31. The Balaban J connectivity index is 1.90. The van der Waals surface area contributed by atoms with Crippen molar-refractivity contribution in [1.29, 1.82) is 0 Å². The molecule has 0 amide bonds. The van der Waals surface area contributed by atoms with Gasteiger partial charge in [-0.2, -0.15) is 0 Å². The zero-order valence-corrected chi connectivity index (χ0v) is 9.02. The molecular formula is C10H12O2Se. The Labute approximate surface area is 84.4 Å². The van der Waals surface area contributed by atoms with E-state index in [1.54, 1.807) is 0 Å². The van der Waals surface area contributed by atoms with Gasteiger partial charge in [-0.1, -0.05) is 0 Å². The molecule has 0 aliphatic carbocycles. The van der Waals surface area contributed by atoms with Crippen LogP contribution in [0.15, 0.2) is 30.3 Å². The molecule has 1 fully saturated rings. The van der Waals surface area contributed by atoms with Gasteiger partial charge >= 0.3 is 84.0 Å². The van der Waals surface area contributed by atoms with Gasteiger partial charge in [-0.3, -0.25) is 0 Å². The minimum absolute atomic E-state index is 0.309. The summed E-state index contributed by atoms with van der Waals surface area (Å²) in [4.78, 5) is 0. The first-order valence-corrected chi connectivity index (χ1v) is 6.21. The van der Waals surface area contributed by atoms with Crippen LogP contribution in [0.4, 0.5) is 0 Å². The molecule has 1 atom stereocenters. The monoisotopic (exact) mass is 244 g/mol. The molecule has 70 valence electrons. The summed E-state index contributed by atoms with van der Waals surface area (Å²) in [6.45, 7) is 2.26. The van der Waals surface area contributed by atoms with Crippen LogP contribution < -0.4 is 4.46 Å². The van der Waals surface area contributed by atoms with E-state index in [0.29, 0.717) is 20.0 Å². The van der Waals surface area contributed by atoms with Gasteiger partial charge in [0.2, 0.25) is 0 Å². The van der Waals surface area contributed by atoms with E-state index in [9.17, 15) is 0 Å². The number of ether oxygens (including phenoxy) is 2. The van der Waals surface area contributed by atoms with Gasteiger partial charge in [0.05, 0.1) is 0 Å². The number of rotatable bonds is 2. The molecule has 0 radical (unpaired) electrons. The first kappa shape index (κ1) is 9.22. The van der Waals surface area contributed by atoms with Crippen molar-refractivity contribution in [3.8, 4) is 0 Å². The van der Waals surface area contributed by atoms with Crippen molar-refractivity contribution in [2.24, 2.45) is 0 Å². The Morgan fingerprint density at radius 3 is 2.69 bits per heavy atom. The van der Waals surface area contributed by atoms with Gasteiger partial charge in [0.25, 0.3) is 0 Å². The molecule has 0 bridgehead atoms. The molecule has 2 nitrogen and oxygen atoms in total. The maximum absolute atomic E-state index is 5.58. The fourth-order valence-corrected chi connectivity index (χ4v) is 3.17. The zero-order chi connectivity index (χ0) is 8.93. The van der Waals surface area contributed by atoms with Crippen molar-refractivity contribution in [3.05, 3.63) is 30.3 Å². The van der Waals surface area contributed by atoms with Gasteiger partial charge in [0.1, 0.15) is 0 Å². The number of hydrogen-bond acceptors (Lipinski definition) is 2. The molecule has 0 aromatic heterocycles. The molecule has 0 spiro atoms. The van der Waals surface area contributed by atoms with E-state index in [4.69, 9.17) is 9.47 Å². The predicted octanol–water partition coefficient (Wildman–Crippen LogP) is 0.389. The summed E-state index contributed by atoms with van der Waals surface area (Å²) in [6, 6.07) is 10.5. The van der Waals surface area contributed by atoms with E-state index in [0.717, 1.165) is 19.8 Å². The van der Waals surface area contributed by atoms with E-state index in [-0.39, 0.29) is 0 Å². The van der Waals surface area contributed by atoms with Gasteiger partial charge in [0.15, 0.2) is 0 Å². The maximum atomic E-state index is 5.58. The van der Waals surface area contributed by atoms with E-state index >= 15 is 0 Å². The summed E-state index contributed by atoms with van der Waals surface area (Å²) in [6.07, 6.45) is 0. The summed E-state index contributed by atoms with van der Waals surface area (Å²) < 4.78 is 12.3. The van der Waals surface area contributed by atoms with Gasteiger partial charge in [-0.25, -0.2) is 0 Å². The van der Waals surface area contributed by atoms with Crippen molar-refractivity contribution < 1.29 is 9.47 Å². The van der Waals surface area contributed by atoms with Crippen LogP contribution in [0.2, 0.25) is 0 Å². The molecular weight excluding hydrogens is 231 g/mol. The fourth-order valence-electron chi connectivity index (χ4n) is 1.19. The predicted molar refractivity (Wildman–Crippen MR) is 52.4 cm³/mol. The molecule has 13 heavy (non-hydrogen) atoms. The normalized spacial score (nSPS) is 22.9. The van der Waals surface area contributed by atoms with Crippen molar-refractivity contribution in [2.45, 2.75) is 5.00 Å². The second-order valence-electron chi connectivity index (χ2n) is 2.81. The molecule has 0 saturated carbocycles. The van der Waals surface area contributed by atoms with Gasteiger partial charge in [-0.15, -0.1) is 0 Å². The number of hydrogen-bond donors (Lipinski definition) is 0. The molecule has 1 unspecified atom stereocenters. The average molecular weight is 243 g/mol. The van der Waals surface area contributed by atoms with E-state index in [1.807, 2.05) is 6.07 Å². The van der Waals surface area contributed by atoms with Crippen LogP contribution in [-0.2, 0) is 9.47 Å². The van der Waals surface area contributed by atoms with E-state index in [2.05, 4.69) is 24.3 Å². The van der Waals surface area contributed by atoms with Crippen molar-refractivity contribution in [3.63, 3.8) is 0 Å². The first-order chi connectivity index (χ1) is 6.45. The van der Waals surface area contributed by atoms with Crippen molar-refractivity contribution >= 4 is 19.4 Å². The summed E-state index contributed by atoms with van der Waals surface area (Å²) in [5, 5.41) is 0.309. The summed E-state index contributed by atoms with van der Waals surface area (Å²) >= 11 is 0.391. The average Bonchev–Trinajstić information content (AvgIpc) is 2.21. The summed E-state index contributed by atoms with van der Waals surface area (Å²) in [7, 11) is 0. The standard InChI is InChI=1S/C10H12O2Se/c1-2-4-9(5-3-1)13-10-8-11-6-7-12-10/h1-5,10H,6-8H2. The Morgan fingerprint density at radius 2 is 2.00 bits per heavy atom. The third kappa shape index (κ3) is 2.81. The topological polar surface area (TPSA) is 18.5 Å². The molecule has 1 saturated heterocycles. The van der Waals surface area contributed by atoms with Crippen LogP contribution in [0.25, 0.3) is 0 Å². The molecule has 0 N–H and O–H groups in total. The summed E-state index contributed by atoms with van der Waals surface area (Å²) in [5.41, 5.74) is 0. The molecule has 1 aliphatic heterocycles. The van der Waals surface area contributed by atoms with Crippen molar-refractivity contribution in [2.75, 3.05) is 19.8 Å². The Kier molecular flexibility index (Phi) is 3.39.